The van der Waals surface area contributed by atoms with Gasteiger partial charge in [0.15, 0.2) is 11.6 Å². The normalized spacial score (nSPS) is 12.2. The molecule has 18 heavy (non-hydrogen) atoms. The molecular formula is C14H12F2O2. The van der Waals surface area contributed by atoms with Gasteiger partial charge in [0.05, 0.1) is 6.10 Å². The lowest BCUT2D eigenvalue weighted by Gasteiger charge is -2.13. The Hall–Kier alpha value is -1.94. The molecule has 0 saturated carbocycles. The third kappa shape index (κ3) is 2.49. The summed E-state index contributed by atoms with van der Waals surface area (Å²) in [6, 6.07) is 10.4. The molecule has 4 heteroatoms. The van der Waals surface area contributed by atoms with Crippen LogP contribution in [0.4, 0.5) is 8.78 Å². The van der Waals surface area contributed by atoms with Crippen molar-refractivity contribution in [2.24, 2.45) is 0 Å². The van der Waals surface area contributed by atoms with Crippen LogP contribution in [0.15, 0.2) is 42.5 Å². The molecule has 2 nitrogen and oxygen atoms in total. The lowest BCUT2D eigenvalue weighted by molar-refractivity contribution is 0.195. The van der Waals surface area contributed by atoms with Gasteiger partial charge in [-0.1, -0.05) is 24.3 Å². The number of ether oxygens (including phenoxy) is 1. The lowest BCUT2D eigenvalue weighted by atomic mass is 10.1. The molecule has 0 saturated heterocycles. The highest BCUT2D eigenvalue weighted by atomic mass is 19.2. The fourth-order valence-corrected chi connectivity index (χ4v) is 1.60. The topological polar surface area (TPSA) is 29.5 Å². The van der Waals surface area contributed by atoms with Gasteiger partial charge in [0.2, 0.25) is 5.82 Å². The minimum absolute atomic E-state index is 0.205. The van der Waals surface area contributed by atoms with E-state index < -0.39 is 17.7 Å². The largest absolute Gasteiger partial charge is 0.454 e. The predicted molar refractivity (Wildman–Crippen MR) is 63.5 cm³/mol. The summed E-state index contributed by atoms with van der Waals surface area (Å²) in [6.45, 7) is 1.57. The summed E-state index contributed by atoms with van der Waals surface area (Å²) >= 11 is 0. The Balaban J connectivity index is 2.37. The smallest absolute Gasteiger partial charge is 0.201 e. The SMILES string of the molecule is C[C@@H](O)c1ccccc1Oc1cccc(F)c1F. The van der Waals surface area contributed by atoms with Gasteiger partial charge in [0, 0.05) is 5.56 Å². The molecule has 0 amide bonds. The van der Waals surface area contributed by atoms with E-state index in [4.69, 9.17) is 4.74 Å². The molecule has 0 aliphatic carbocycles. The second-order valence-electron chi connectivity index (χ2n) is 3.87. The highest BCUT2D eigenvalue weighted by Crippen LogP contribution is 2.31. The molecule has 0 radical (unpaired) electrons. The van der Waals surface area contributed by atoms with Crippen LogP contribution in [0.1, 0.15) is 18.6 Å². The second kappa shape index (κ2) is 5.14. The van der Waals surface area contributed by atoms with E-state index in [1.54, 1.807) is 31.2 Å². The molecule has 0 aromatic heterocycles. The molecule has 2 aromatic carbocycles. The van der Waals surface area contributed by atoms with Crippen molar-refractivity contribution in [1.82, 2.24) is 0 Å². The van der Waals surface area contributed by atoms with Crippen molar-refractivity contribution in [3.05, 3.63) is 59.7 Å². The number of benzene rings is 2. The van der Waals surface area contributed by atoms with Crippen LogP contribution in [-0.2, 0) is 0 Å². The average Bonchev–Trinajstić information content (AvgIpc) is 2.35. The van der Waals surface area contributed by atoms with Gasteiger partial charge in [-0.05, 0) is 25.1 Å². The van der Waals surface area contributed by atoms with E-state index in [1.165, 1.54) is 12.1 Å². The molecule has 1 atom stereocenters. The van der Waals surface area contributed by atoms with Gasteiger partial charge >= 0.3 is 0 Å². The van der Waals surface area contributed by atoms with Gasteiger partial charge in [0.1, 0.15) is 5.75 Å². The van der Waals surface area contributed by atoms with Crippen molar-refractivity contribution >= 4 is 0 Å². The Bertz CT molecular complexity index is 553. The molecular weight excluding hydrogens is 238 g/mol. The molecule has 1 N–H and O–H groups in total. The molecule has 0 unspecified atom stereocenters. The molecule has 2 rings (SSSR count). The summed E-state index contributed by atoms with van der Waals surface area (Å²) in [7, 11) is 0. The van der Waals surface area contributed by atoms with E-state index in [1.807, 2.05) is 0 Å². The predicted octanol–water partition coefficient (Wildman–Crippen LogP) is 3.81. The van der Waals surface area contributed by atoms with E-state index >= 15 is 0 Å². The van der Waals surface area contributed by atoms with Gasteiger partial charge < -0.3 is 9.84 Å². The van der Waals surface area contributed by atoms with E-state index in [9.17, 15) is 13.9 Å². The summed E-state index contributed by atoms with van der Waals surface area (Å²) in [6.07, 6.45) is -0.752. The first-order chi connectivity index (χ1) is 8.59. The van der Waals surface area contributed by atoms with Crippen molar-refractivity contribution < 1.29 is 18.6 Å². The number of hydrogen-bond donors (Lipinski definition) is 1. The highest BCUT2D eigenvalue weighted by molar-refractivity contribution is 5.39. The van der Waals surface area contributed by atoms with Crippen LogP contribution in [0.5, 0.6) is 11.5 Å². The van der Waals surface area contributed by atoms with Crippen molar-refractivity contribution in [3.8, 4) is 11.5 Å². The third-order valence-electron chi connectivity index (χ3n) is 2.51. The minimum Gasteiger partial charge on any atom is -0.454 e. The first-order valence-electron chi connectivity index (χ1n) is 5.48. The standard InChI is InChI=1S/C14H12F2O2/c1-9(17)10-5-2-3-7-12(10)18-13-8-4-6-11(15)14(13)16/h2-9,17H,1H3/t9-/m1/s1. The van der Waals surface area contributed by atoms with Crippen molar-refractivity contribution in [2.75, 3.05) is 0 Å². The van der Waals surface area contributed by atoms with Crippen LogP contribution in [0.2, 0.25) is 0 Å². The quantitative estimate of drug-likeness (QED) is 0.897. The van der Waals surface area contributed by atoms with Gasteiger partial charge in [0.25, 0.3) is 0 Å². The van der Waals surface area contributed by atoms with Crippen LogP contribution in [0.3, 0.4) is 0 Å². The molecule has 0 fully saturated rings. The summed E-state index contributed by atoms with van der Waals surface area (Å²) in [5.41, 5.74) is 0.515. The van der Waals surface area contributed by atoms with Crippen LogP contribution >= 0.6 is 0 Å². The van der Waals surface area contributed by atoms with Crippen molar-refractivity contribution in [3.63, 3.8) is 0 Å². The van der Waals surface area contributed by atoms with E-state index in [2.05, 4.69) is 0 Å². The van der Waals surface area contributed by atoms with Gasteiger partial charge in [-0.3, -0.25) is 0 Å². The number of rotatable bonds is 3. The van der Waals surface area contributed by atoms with Crippen LogP contribution in [0.25, 0.3) is 0 Å². The number of aliphatic hydroxyl groups excluding tert-OH is 1. The summed E-state index contributed by atoms with van der Waals surface area (Å²) in [5, 5.41) is 9.56. The monoisotopic (exact) mass is 250 g/mol. The molecule has 0 bridgehead atoms. The Morgan fingerprint density at radius 2 is 1.67 bits per heavy atom. The number of halogens is 2. The molecule has 94 valence electrons. The Labute approximate surface area is 103 Å². The lowest BCUT2D eigenvalue weighted by Crippen LogP contribution is -1.97. The Morgan fingerprint density at radius 1 is 1.00 bits per heavy atom. The van der Waals surface area contributed by atoms with Gasteiger partial charge in [-0.25, -0.2) is 4.39 Å². The first-order valence-corrected chi connectivity index (χ1v) is 5.48. The number of aliphatic hydroxyl groups is 1. The van der Waals surface area contributed by atoms with Crippen molar-refractivity contribution in [1.29, 1.82) is 0 Å². The Kier molecular flexibility index (Phi) is 3.58. The molecule has 2 aromatic rings. The second-order valence-corrected chi connectivity index (χ2v) is 3.87. The maximum Gasteiger partial charge on any atom is 0.201 e. The third-order valence-corrected chi connectivity index (χ3v) is 2.51. The average molecular weight is 250 g/mol. The zero-order chi connectivity index (χ0) is 13.1. The van der Waals surface area contributed by atoms with E-state index in [0.29, 0.717) is 11.3 Å². The fraction of sp³-hybridized carbons (Fsp3) is 0.143. The maximum atomic E-state index is 13.5. The summed E-state index contributed by atoms with van der Waals surface area (Å²) in [4.78, 5) is 0. The molecule has 0 heterocycles. The van der Waals surface area contributed by atoms with Crippen molar-refractivity contribution in [2.45, 2.75) is 13.0 Å². The zero-order valence-corrected chi connectivity index (χ0v) is 9.73. The molecule has 0 spiro atoms. The van der Waals surface area contributed by atoms with Crippen LogP contribution < -0.4 is 4.74 Å². The zero-order valence-electron chi connectivity index (χ0n) is 9.73. The highest BCUT2D eigenvalue weighted by Gasteiger charge is 2.13. The maximum absolute atomic E-state index is 13.5. The number of hydrogen-bond acceptors (Lipinski definition) is 2. The first kappa shape index (κ1) is 12.5. The van der Waals surface area contributed by atoms with Crippen LogP contribution in [-0.4, -0.2) is 5.11 Å². The van der Waals surface area contributed by atoms with Gasteiger partial charge in [-0.2, -0.15) is 4.39 Å². The summed E-state index contributed by atoms with van der Waals surface area (Å²) < 4.78 is 31.8. The number of para-hydroxylation sites is 1. The fourth-order valence-electron chi connectivity index (χ4n) is 1.60. The summed E-state index contributed by atoms with van der Waals surface area (Å²) in [5.74, 6) is -1.92. The molecule has 0 aliphatic heterocycles. The Morgan fingerprint density at radius 3 is 2.39 bits per heavy atom. The van der Waals surface area contributed by atoms with Gasteiger partial charge in [-0.15, -0.1) is 0 Å². The minimum atomic E-state index is -1.04. The van der Waals surface area contributed by atoms with Crippen LogP contribution in [0, 0.1) is 11.6 Å². The van der Waals surface area contributed by atoms with E-state index in [-0.39, 0.29) is 5.75 Å². The molecule has 0 aliphatic rings. The van der Waals surface area contributed by atoms with E-state index in [0.717, 1.165) is 6.07 Å².